The second-order valence-corrected chi connectivity index (χ2v) is 6.36. The molecule has 2 aliphatic rings. The zero-order valence-electron chi connectivity index (χ0n) is 12.8. The van der Waals surface area contributed by atoms with Crippen LogP contribution < -0.4 is 5.73 Å². The zero-order chi connectivity index (χ0) is 13.7. The van der Waals surface area contributed by atoms with Crippen LogP contribution in [0.15, 0.2) is 0 Å². The van der Waals surface area contributed by atoms with Gasteiger partial charge in [-0.15, -0.1) is 0 Å². The third-order valence-electron chi connectivity index (χ3n) is 5.36. The fraction of sp³-hybridized carbons (Fsp3) is 1.00. The maximum Gasteiger partial charge on any atom is 0.0586 e. The molecule has 2 rings (SSSR count). The van der Waals surface area contributed by atoms with E-state index in [4.69, 9.17) is 10.5 Å². The van der Waals surface area contributed by atoms with Gasteiger partial charge in [-0.05, 0) is 57.5 Å². The summed E-state index contributed by atoms with van der Waals surface area (Å²) in [6.07, 6.45) is 11.1. The molecule has 0 heterocycles. The number of methoxy groups -OCH3 is 1. The molecule has 3 heteroatoms. The molecule has 0 radical (unpaired) electrons. The van der Waals surface area contributed by atoms with Crippen molar-refractivity contribution in [2.75, 3.05) is 20.2 Å². The van der Waals surface area contributed by atoms with Gasteiger partial charge in [0, 0.05) is 19.2 Å². The Morgan fingerprint density at radius 1 is 1.11 bits per heavy atom. The van der Waals surface area contributed by atoms with Gasteiger partial charge >= 0.3 is 0 Å². The summed E-state index contributed by atoms with van der Waals surface area (Å²) in [6, 6.07) is 1.45. The van der Waals surface area contributed by atoms with Crippen LogP contribution in [0.5, 0.6) is 0 Å². The van der Waals surface area contributed by atoms with E-state index in [-0.39, 0.29) is 0 Å². The normalized spacial score (nSPS) is 36.6. The SMILES string of the molecule is CCN(C1CCCC(OC)C1)C1CCCCC1CN. The molecule has 3 nitrogen and oxygen atoms in total. The molecule has 0 aromatic carbocycles. The van der Waals surface area contributed by atoms with Gasteiger partial charge in [-0.3, -0.25) is 4.90 Å². The van der Waals surface area contributed by atoms with Gasteiger partial charge in [-0.1, -0.05) is 19.8 Å². The Bertz CT molecular complexity index is 259. The van der Waals surface area contributed by atoms with E-state index in [2.05, 4.69) is 11.8 Å². The predicted octanol–water partition coefficient (Wildman–Crippen LogP) is 2.78. The lowest BCUT2D eigenvalue weighted by Crippen LogP contribution is -2.51. The highest BCUT2D eigenvalue weighted by Crippen LogP contribution is 2.33. The van der Waals surface area contributed by atoms with Crippen molar-refractivity contribution in [2.24, 2.45) is 11.7 Å². The second-order valence-electron chi connectivity index (χ2n) is 6.36. The molecule has 0 aromatic heterocycles. The number of hydrogen-bond donors (Lipinski definition) is 1. The molecule has 0 bridgehead atoms. The van der Waals surface area contributed by atoms with E-state index < -0.39 is 0 Å². The highest BCUT2D eigenvalue weighted by molar-refractivity contribution is 4.89. The molecule has 0 aliphatic heterocycles. The molecule has 2 N–H and O–H groups in total. The lowest BCUT2D eigenvalue weighted by Gasteiger charge is -2.45. The number of rotatable bonds is 5. The average Bonchev–Trinajstić information content (AvgIpc) is 2.49. The van der Waals surface area contributed by atoms with Crippen molar-refractivity contribution in [2.45, 2.75) is 76.5 Å². The van der Waals surface area contributed by atoms with Crippen LogP contribution in [0.25, 0.3) is 0 Å². The fourth-order valence-electron chi connectivity index (χ4n) is 4.30. The summed E-state index contributed by atoms with van der Waals surface area (Å²) in [5, 5.41) is 0. The summed E-state index contributed by atoms with van der Waals surface area (Å²) < 4.78 is 5.61. The van der Waals surface area contributed by atoms with E-state index in [1.165, 1.54) is 57.9 Å². The van der Waals surface area contributed by atoms with Crippen LogP contribution in [0.4, 0.5) is 0 Å². The standard InChI is InChI=1S/C16H32N2O/c1-3-18(14-8-6-9-15(11-14)19-2)16-10-5-4-7-13(16)12-17/h13-16H,3-12,17H2,1-2H3. The molecule has 0 spiro atoms. The fourth-order valence-corrected chi connectivity index (χ4v) is 4.30. The van der Waals surface area contributed by atoms with Crippen LogP contribution in [-0.4, -0.2) is 43.3 Å². The molecule has 2 aliphatic carbocycles. The van der Waals surface area contributed by atoms with Crippen LogP contribution in [0.1, 0.15) is 58.3 Å². The van der Waals surface area contributed by atoms with Gasteiger partial charge < -0.3 is 10.5 Å². The van der Waals surface area contributed by atoms with E-state index >= 15 is 0 Å². The minimum absolute atomic E-state index is 0.479. The molecule has 0 saturated heterocycles. The van der Waals surface area contributed by atoms with Gasteiger partial charge in [0.05, 0.1) is 6.10 Å². The molecule has 112 valence electrons. The smallest absolute Gasteiger partial charge is 0.0586 e. The Kier molecular flexibility index (Phi) is 6.11. The molecule has 4 atom stereocenters. The van der Waals surface area contributed by atoms with Gasteiger partial charge in [-0.2, -0.15) is 0 Å². The minimum atomic E-state index is 0.479. The Hall–Kier alpha value is -0.120. The zero-order valence-corrected chi connectivity index (χ0v) is 12.8. The molecular formula is C16H32N2O. The maximum atomic E-state index is 6.02. The highest BCUT2D eigenvalue weighted by atomic mass is 16.5. The first-order chi connectivity index (χ1) is 9.30. The van der Waals surface area contributed by atoms with Crippen molar-refractivity contribution >= 4 is 0 Å². The summed E-state index contributed by atoms with van der Waals surface area (Å²) in [6.45, 7) is 4.35. The van der Waals surface area contributed by atoms with E-state index in [0.29, 0.717) is 6.10 Å². The average molecular weight is 268 g/mol. The Morgan fingerprint density at radius 3 is 2.58 bits per heavy atom. The van der Waals surface area contributed by atoms with Gasteiger partial charge in [0.25, 0.3) is 0 Å². The number of nitrogens with zero attached hydrogens (tertiary/aromatic N) is 1. The van der Waals surface area contributed by atoms with E-state index in [0.717, 1.165) is 24.5 Å². The van der Waals surface area contributed by atoms with Crippen molar-refractivity contribution < 1.29 is 4.74 Å². The number of nitrogens with two attached hydrogens (primary N) is 1. The van der Waals surface area contributed by atoms with Crippen molar-refractivity contribution in [1.29, 1.82) is 0 Å². The van der Waals surface area contributed by atoms with Gasteiger partial charge in [-0.25, -0.2) is 0 Å². The van der Waals surface area contributed by atoms with Crippen LogP contribution >= 0.6 is 0 Å². The van der Waals surface area contributed by atoms with Crippen molar-refractivity contribution in [3.8, 4) is 0 Å². The van der Waals surface area contributed by atoms with Crippen LogP contribution in [0.3, 0.4) is 0 Å². The predicted molar refractivity (Wildman–Crippen MR) is 80.2 cm³/mol. The van der Waals surface area contributed by atoms with Crippen LogP contribution in [-0.2, 0) is 4.74 Å². The summed E-state index contributed by atoms with van der Waals surface area (Å²) in [5.41, 5.74) is 6.02. The molecule has 2 saturated carbocycles. The molecule has 4 unspecified atom stereocenters. The van der Waals surface area contributed by atoms with Gasteiger partial charge in [0.15, 0.2) is 0 Å². The summed E-state index contributed by atoms with van der Waals surface area (Å²) in [7, 11) is 1.87. The molecule has 19 heavy (non-hydrogen) atoms. The Balaban J connectivity index is 2.00. The van der Waals surface area contributed by atoms with Crippen molar-refractivity contribution in [3.05, 3.63) is 0 Å². The second kappa shape index (κ2) is 7.61. The lowest BCUT2D eigenvalue weighted by atomic mass is 9.81. The third-order valence-corrected chi connectivity index (χ3v) is 5.36. The van der Waals surface area contributed by atoms with Crippen molar-refractivity contribution in [1.82, 2.24) is 4.90 Å². The minimum Gasteiger partial charge on any atom is -0.381 e. The summed E-state index contributed by atoms with van der Waals surface area (Å²) in [4.78, 5) is 2.77. The molecule has 0 aromatic rings. The van der Waals surface area contributed by atoms with E-state index in [1.54, 1.807) is 0 Å². The quantitative estimate of drug-likeness (QED) is 0.833. The maximum absolute atomic E-state index is 6.02. The Morgan fingerprint density at radius 2 is 1.89 bits per heavy atom. The molecule has 0 amide bonds. The number of ether oxygens (including phenoxy) is 1. The Labute approximate surface area is 118 Å². The van der Waals surface area contributed by atoms with E-state index in [9.17, 15) is 0 Å². The lowest BCUT2D eigenvalue weighted by molar-refractivity contribution is -0.00200. The first kappa shape index (κ1) is 15.3. The van der Waals surface area contributed by atoms with Crippen LogP contribution in [0, 0.1) is 5.92 Å². The monoisotopic (exact) mass is 268 g/mol. The number of hydrogen-bond acceptors (Lipinski definition) is 3. The summed E-state index contributed by atoms with van der Waals surface area (Å²) >= 11 is 0. The highest BCUT2D eigenvalue weighted by Gasteiger charge is 2.34. The van der Waals surface area contributed by atoms with Gasteiger partial charge in [0.1, 0.15) is 0 Å². The first-order valence-corrected chi connectivity index (χ1v) is 8.28. The van der Waals surface area contributed by atoms with Crippen LogP contribution in [0.2, 0.25) is 0 Å². The molecular weight excluding hydrogens is 236 g/mol. The van der Waals surface area contributed by atoms with E-state index in [1.807, 2.05) is 7.11 Å². The topological polar surface area (TPSA) is 38.5 Å². The van der Waals surface area contributed by atoms with Crippen molar-refractivity contribution in [3.63, 3.8) is 0 Å². The largest absolute Gasteiger partial charge is 0.381 e. The molecule has 2 fully saturated rings. The third kappa shape index (κ3) is 3.71. The summed E-state index contributed by atoms with van der Waals surface area (Å²) in [5.74, 6) is 0.719. The first-order valence-electron chi connectivity index (χ1n) is 8.28. The van der Waals surface area contributed by atoms with Gasteiger partial charge in [0.2, 0.25) is 0 Å².